The zero-order chi connectivity index (χ0) is 11.7. The molecule has 0 radical (unpaired) electrons. The summed E-state index contributed by atoms with van der Waals surface area (Å²) in [6, 6.07) is 3.58. The first-order chi connectivity index (χ1) is 7.59. The topological polar surface area (TPSA) is 0 Å². The van der Waals surface area contributed by atoms with E-state index in [-0.39, 0.29) is 32.0 Å². The summed E-state index contributed by atoms with van der Waals surface area (Å²) in [5.74, 6) is -0.184. The van der Waals surface area contributed by atoms with Gasteiger partial charge in [0.25, 0.3) is 0 Å². The van der Waals surface area contributed by atoms with Crippen LogP contribution in [0.25, 0.3) is 0 Å². The van der Waals surface area contributed by atoms with Crippen molar-refractivity contribution in [2.45, 2.75) is 38.5 Å². The van der Waals surface area contributed by atoms with Crippen LogP contribution in [0.2, 0.25) is 0 Å². The molecule has 1 aromatic carbocycles. The average molecular weight is 410 g/mol. The van der Waals surface area contributed by atoms with Crippen LogP contribution in [0.3, 0.4) is 0 Å². The van der Waals surface area contributed by atoms with E-state index in [1.54, 1.807) is 12.1 Å². The fourth-order valence-corrected chi connectivity index (χ4v) is 3.55. The van der Waals surface area contributed by atoms with Gasteiger partial charge in [-0.25, -0.2) is 0 Å². The van der Waals surface area contributed by atoms with Crippen LogP contribution in [0.1, 0.15) is 44.1 Å². The second-order valence-corrected chi connectivity index (χ2v) is 7.86. The molecule has 0 bridgehead atoms. The Morgan fingerprint density at radius 3 is 2.31 bits per heavy atom. The molecule has 1 saturated carbocycles. The van der Waals surface area contributed by atoms with Gasteiger partial charge in [-0.15, -0.1) is 0 Å². The molecule has 0 aliphatic heterocycles. The summed E-state index contributed by atoms with van der Waals surface area (Å²) < 4.78 is 27.9. The average Bonchev–Trinajstić information content (AvgIpc) is 2.28. The van der Waals surface area contributed by atoms with Crippen LogP contribution in [0, 0.1) is 17.6 Å². The van der Waals surface area contributed by atoms with E-state index < -0.39 is 11.6 Å². The van der Waals surface area contributed by atoms with Crippen molar-refractivity contribution in [1.82, 2.24) is 0 Å². The van der Waals surface area contributed by atoms with Gasteiger partial charge in [-0.05, 0) is 0 Å². The zero-order valence-corrected chi connectivity index (χ0v) is 15.1. The van der Waals surface area contributed by atoms with E-state index in [1.807, 2.05) is 0 Å². The molecule has 1 fully saturated rings. The van der Waals surface area contributed by atoms with Crippen molar-refractivity contribution in [2.24, 2.45) is 5.92 Å². The van der Waals surface area contributed by atoms with Crippen molar-refractivity contribution in [3.8, 4) is 0 Å². The summed E-state index contributed by atoms with van der Waals surface area (Å²) in [5.41, 5.74) is 0.610. The molecule has 0 nitrogen and oxygen atoms in total. The third-order valence-corrected chi connectivity index (χ3v) is 5.77. The van der Waals surface area contributed by atoms with Gasteiger partial charge >= 0.3 is 112 Å². The van der Waals surface area contributed by atoms with E-state index in [0.29, 0.717) is 8.64 Å². The SMILES string of the molecule is CC1CCC(c2cc[c]([Hg])c(F)c2F)CC1. The third-order valence-electron chi connectivity index (χ3n) is 3.65. The van der Waals surface area contributed by atoms with Crippen molar-refractivity contribution in [3.63, 3.8) is 0 Å². The summed E-state index contributed by atoms with van der Waals surface area (Å²) in [4.78, 5) is 0. The number of rotatable bonds is 1. The first-order valence-electron chi connectivity index (χ1n) is 5.89. The van der Waals surface area contributed by atoms with Gasteiger partial charge in [0.1, 0.15) is 0 Å². The Labute approximate surface area is 111 Å². The molecule has 3 heteroatoms. The zero-order valence-electron chi connectivity index (χ0n) is 9.60. The molecule has 0 unspecified atom stereocenters. The van der Waals surface area contributed by atoms with E-state index in [1.165, 1.54) is 0 Å². The molecule has 0 saturated heterocycles. The molecule has 0 atom stereocenters. The fraction of sp³-hybridized carbons (Fsp3) is 0.538. The van der Waals surface area contributed by atoms with Crippen LogP contribution in [0.4, 0.5) is 8.78 Å². The van der Waals surface area contributed by atoms with Crippen molar-refractivity contribution in [1.29, 1.82) is 0 Å². The van der Waals surface area contributed by atoms with E-state index in [2.05, 4.69) is 6.92 Å². The van der Waals surface area contributed by atoms with E-state index in [0.717, 1.165) is 31.6 Å². The molecule has 0 heterocycles. The summed E-state index contributed by atoms with van der Waals surface area (Å²) in [6.45, 7) is 2.23. The third kappa shape index (κ3) is 2.47. The normalized spacial score (nSPS) is 25.8. The van der Waals surface area contributed by atoms with Crippen molar-refractivity contribution in [2.75, 3.05) is 0 Å². The predicted molar refractivity (Wildman–Crippen MR) is 56.4 cm³/mol. The molecular weight excluding hydrogens is 395 g/mol. The second-order valence-electron chi connectivity index (χ2n) is 4.90. The monoisotopic (exact) mass is 411 g/mol. The molecule has 0 spiro atoms. The standard InChI is InChI=1S/C13H15F2.Hg/c1-9-5-7-10(8-6-9)11-3-2-4-12(14)13(11)15;/h2-3,9-10H,5-8H2,1H3;. The van der Waals surface area contributed by atoms with Gasteiger partial charge in [0.05, 0.1) is 0 Å². The maximum atomic E-state index is 13.8. The van der Waals surface area contributed by atoms with E-state index in [4.69, 9.17) is 0 Å². The Hall–Kier alpha value is 0.0151. The summed E-state index contributed by atoms with van der Waals surface area (Å²) in [7, 11) is 0. The molecule has 83 valence electrons. The minimum absolute atomic E-state index is 0.154. The number of benzene rings is 1. The van der Waals surface area contributed by atoms with Gasteiger partial charge in [0, 0.05) is 0 Å². The van der Waals surface area contributed by atoms with Gasteiger partial charge in [0.15, 0.2) is 0 Å². The maximum absolute atomic E-state index is 13.8. The van der Waals surface area contributed by atoms with Gasteiger partial charge in [0.2, 0.25) is 0 Å². The Balaban J connectivity index is 2.24. The van der Waals surface area contributed by atoms with Gasteiger partial charge in [-0.3, -0.25) is 0 Å². The van der Waals surface area contributed by atoms with Crippen LogP contribution >= 0.6 is 0 Å². The van der Waals surface area contributed by atoms with Crippen LogP contribution in [-0.4, -0.2) is 0 Å². The van der Waals surface area contributed by atoms with Crippen LogP contribution in [0.15, 0.2) is 12.1 Å². The number of halogens is 2. The second kappa shape index (κ2) is 5.11. The molecule has 2 rings (SSSR count). The molecule has 0 aromatic heterocycles. The quantitative estimate of drug-likeness (QED) is 0.623. The summed E-state index contributed by atoms with van der Waals surface area (Å²) in [6.07, 6.45) is 4.28. The van der Waals surface area contributed by atoms with Crippen molar-refractivity contribution >= 4 is 3.07 Å². The Morgan fingerprint density at radius 2 is 1.69 bits per heavy atom. The van der Waals surface area contributed by atoms with Crippen molar-refractivity contribution in [3.05, 3.63) is 29.3 Å². The van der Waals surface area contributed by atoms with Crippen LogP contribution in [-0.2, 0) is 26.1 Å². The van der Waals surface area contributed by atoms with Crippen molar-refractivity contribution < 1.29 is 34.9 Å². The molecule has 1 aromatic rings. The molecule has 0 amide bonds. The fourth-order valence-electron chi connectivity index (χ4n) is 2.49. The van der Waals surface area contributed by atoms with E-state index >= 15 is 0 Å². The van der Waals surface area contributed by atoms with Gasteiger partial charge < -0.3 is 0 Å². The predicted octanol–water partition coefficient (Wildman–Crippen LogP) is 3.43. The summed E-state index contributed by atoms with van der Waals surface area (Å²) >= 11 is 0.154. The number of hydrogen-bond acceptors (Lipinski definition) is 0. The van der Waals surface area contributed by atoms with E-state index in [9.17, 15) is 8.78 Å². The Morgan fingerprint density at radius 1 is 1.06 bits per heavy atom. The van der Waals surface area contributed by atoms with Crippen LogP contribution in [0.5, 0.6) is 0 Å². The van der Waals surface area contributed by atoms with Gasteiger partial charge in [-0.1, -0.05) is 0 Å². The van der Waals surface area contributed by atoms with Crippen LogP contribution < -0.4 is 3.07 Å². The molecule has 16 heavy (non-hydrogen) atoms. The molecule has 1 aliphatic rings. The first-order valence-corrected chi connectivity index (χ1v) is 8.64. The molecule has 1 aliphatic carbocycles. The Bertz CT molecular complexity index is 382. The first kappa shape index (κ1) is 12.5. The number of hydrogen-bond donors (Lipinski definition) is 0. The minimum atomic E-state index is -0.584. The summed E-state index contributed by atoms with van der Waals surface area (Å²) in [5, 5.41) is 0. The van der Waals surface area contributed by atoms with Gasteiger partial charge in [-0.2, -0.15) is 0 Å². The Kier molecular flexibility index (Phi) is 3.99. The molecular formula is C13H15F2Hg. The molecule has 0 N–H and O–H groups in total.